The Kier molecular flexibility index (Phi) is 5.66. The highest BCUT2D eigenvalue weighted by atomic mass is 16.2. The number of benzene rings is 1. The molecule has 4 rings (SSSR count). The molecule has 2 aromatic carbocycles. The van der Waals surface area contributed by atoms with E-state index in [0.29, 0.717) is 34.8 Å². The van der Waals surface area contributed by atoms with E-state index in [0.717, 1.165) is 23.1 Å². The van der Waals surface area contributed by atoms with Crippen LogP contribution < -0.4 is 16.5 Å². The zero-order valence-corrected chi connectivity index (χ0v) is 17.6. The number of nitrogens with zero attached hydrogens (tertiary/aromatic N) is 3. The SMILES string of the molecule is CN=CC(=CN)c1cnc2ccc3ccc(NCC4CCC(=O)N4C)cc3c(=O)c2c1. The number of fused-ring (bicyclic) bond motifs is 2. The first-order chi connectivity index (χ1) is 15.0. The quantitative estimate of drug-likeness (QED) is 0.624. The number of anilines is 1. The Labute approximate surface area is 180 Å². The Balaban J connectivity index is 1.75. The molecule has 2 heterocycles. The molecule has 1 aromatic heterocycles. The fourth-order valence-electron chi connectivity index (χ4n) is 3.96. The van der Waals surface area contributed by atoms with Crippen molar-refractivity contribution in [2.75, 3.05) is 26.0 Å². The van der Waals surface area contributed by atoms with Crippen molar-refractivity contribution in [1.29, 1.82) is 0 Å². The van der Waals surface area contributed by atoms with Crippen molar-refractivity contribution < 1.29 is 4.79 Å². The Morgan fingerprint density at radius 3 is 2.77 bits per heavy atom. The highest BCUT2D eigenvalue weighted by molar-refractivity contribution is 6.10. The average molecular weight is 415 g/mol. The third-order valence-corrected chi connectivity index (χ3v) is 5.84. The minimum atomic E-state index is -0.0917. The summed E-state index contributed by atoms with van der Waals surface area (Å²) < 4.78 is 0. The number of carbonyl (C=O) groups is 1. The summed E-state index contributed by atoms with van der Waals surface area (Å²) >= 11 is 0. The predicted octanol–water partition coefficient (Wildman–Crippen LogP) is 2.78. The molecule has 1 aliphatic heterocycles. The molecule has 0 aliphatic carbocycles. The van der Waals surface area contributed by atoms with Gasteiger partial charge >= 0.3 is 0 Å². The second-order valence-electron chi connectivity index (χ2n) is 7.71. The first-order valence-corrected chi connectivity index (χ1v) is 10.2. The van der Waals surface area contributed by atoms with Gasteiger partial charge in [-0.25, -0.2) is 0 Å². The normalized spacial score (nSPS) is 17.2. The van der Waals surface area contributed by atoms with Crippen LogP contribution in [0, 0.1) is 0 Å². The van der Waals surface area contributed by atoms with Gasteiger partial charge in [0.05, 0.1) is 5.52 Å². The van der Waals surface area contributed by atoms with Crippen molar-refractivity contribution in [3.8, 4) is 0 Å². The Morgan fingerprint density at radius 1 is 1.26 bits per heavy atom. The third-order valence-electron chi connectivity index (χ3n) is 5.84. The highest BCUT2D eigenvalue weighted by Crippen LogP contribution is 2.22. The van der Waals surface area contributed by atoms with E-state index in [1.54, 1.807) is 24.4 Å². The van der Waals surface area contributed by atoms with Crippen LogP contribution in [0.15, 0.2) is 58.6 Å². The number of allylic oxidation sites excluding steroid dienone is 1. The number of likely N-dealkylation sites (N-methyl/N-ethyl adjacent to an activating group) is 1. The molecule has 0 saturated carbocycles. The van der Waals surface area contributed by atoms with Gasteiger partial charge < -0.3 is 16.0 Å². The molecule has 3 N–H and O–H groups in total. The van der Waals surface area contributed by atoms with Gasteiger partial charge in [-0.3, -0.25) is 19.6 Å². The molecule has 1 aliphatic rings. The number of aromatic nitrogens is 1. The molecule has 1 atom stereocenters. The number of carbonyl (C=O) groups excluding carboxylic acids is 1. The molecular formula is C24H25N5O2. The van der Waals surface area contributed by atoms with E-state index in [4.69, 9.17) is 5.73 Å². The van der Waals surface area contributed by atoms with Crippen LogP contribution >= 0.6 is 0 Å². The maximum absolute atomic E-state index is 13.4. The van der Waals surface area contributed by atoms with Crippen molar-refractivity contribution in [3.05, 3.63) is 64.6 Å². The van der Waals surface area contributed by atoms with Crippen molar-refractivity contribution in [1.82, 2.24) is 9.88 Å². The summed E-state index contributed by atoms with van der Waals surface area (Å²) in [5.41, 5.74) is 8.53. The molecule has 158 valence electrons. The lowest BCUT2D eigenvalue weighted by atomic mass is 10.1. The summed E-state index contributed by atoms with van der Waals surface area (Å²) in [5.74, 6) is 0.174. The van der Waals surface area contributed by atoms with E-state index in [9.17, 15) is 9.59 Å². The van der Waals surface area contributed by atoms with E-state index in [1.165, 1.54) is 6.20 Å². The lowest BCUT2D eigenvalue weighted by molar-refractivity contribution is -0.127. The molecule has 7 heteroatoms. The zero-order valence-electron chi connectivity index (χ0n) is 17.6. The standard InChI is InChI=1S/C24H25N5O2/c1-26-12-17(11-25)16-9-21-22(28-13-16)7-4-15-3-5-18(10-20(15)24(21)31)27-14-19-6-8-23(30)29(19)2/h3-5,7,9-13,19,27H,6,8,14,25H2,1-2H3. The summed E-state index contributed by atoms with van der Waals surface area (Å²) in [7, 11) is 3.50. The lowest BCUT2D eigenvalue weighted by Gasteiger charge is -2.20. The molecule has 1 saturated heterocycles. The average Bonchev–Trinajstić information content (AvgIpc) is 3.04. The fraction of sp³-hybridized carbons (Fsp3) is 0.250. The van der Waals surface area contributed by atoms with Crippen LogP contribution in [0.1, 0.15) is 18.4 Å². The Bertz CT molecular complexity index is 1280. The molecule has 0 radical (unpaired) electrons. The second-order valence-corrected chi connectivity index (χ2v) is 7.71. The summed E-state index contributed by atoms with van der Waals surface area (Å²) in [5, 5.41) is 5.35. The molecule has 0 bridgehead atoms. The van der Waals surface area contributed by atoms with Crippen molar-refractivity contribution >= 4 is 45.1 Å². The van der Waals surface area contributed by atoms with Gasteiger partial charge in [-0.2, -0.15) is 0 Å². The highest BCUT2D eigenvalue weighted by Gasteiger charge is 2.27. The van der Waals surface area contributed by atoms with Crippen LogP contribution in [0.3, 0.4) is 0 Å². The molecule has 1 unspecified atom stereocenters. The number of hydrogen-bond donors (Lipinski definition) is 2. The van der Waals surface area contributed by atoms with Gasteiger partial charge in [0.15, 0.2) is 5.43 Å². The molecule has 1 fully saturated rings. The maximum atomic E-state index is 13.4. The van der Waals surface area contributed by atoms with E-state index in [2.05, 4.69) is 15.3 Å². The number of nitrogens with one attached hydrogen (secondary N) is 1. The molecule has 3 aromatic rings. The number of amides is 1. The first kappa shape index (κ1) is 20.5. The Morgan fingerprint density at radius 2 is 2.06 bits per heavy atom. The smallest absolute Gasteiger partial charge is 0.222 e. The second kappa shape index (κ2) is 8.55. The topological polar surface area (TPSA) is 101 Å². The molecular weight excluding hydrogens is 390 g/mol. The number of aliphatic imine (C=N–C) groups is 1. The third kappa shape index (κ3) is 3.99. The van der Waals surface area contributed by atoms with Crippen molar-refractivity contribution in [2.24, 2.45) is 10.7 Å². The number of likely N-dealkylation sites (tertiary alicyclic amines) is 1. The largest absolute Gasteiger partial charge is 0.404 e. The van der Waals surface area contributed by atoms with Gasteiger partial charge in [-0.1, -0.05) is 12.1 Å². The van der Waals surface area contributed by atoms with Gasteiger partial charge in [0.2, 0.25) is 5.91 Å². The number of nitrogens with two attached hydrogens (primary N) is 1. The zero-order chi connectivity index (χ0) is 22.0. The number of pyridine rings is 1. The maximum Gasteiger partial charge on any atom is 0.222 e. The van der Waals surface area contributed by atoms with Gasteiger partial charge in [0.25, 0.3) is 0 Å². The number of rotatable bonds is 5. The van der Waals surface area contributed by atoms with Crippen LogP contribution in [-0.2, 0) is 4.79 Å². The van der Waals surface area contributed by atoms with Gasteiger partial charge in [0, 0.05) is 79.3 Å². The van der Waals surface area contributed by atoms with Crippen molar-refractivity contribution in [3.63, 3.8) is 0 Å². The molecule has 0 spiro atoms. The molecule has 31 heavy (non-hydrogen) atoms. The first-order valence-electron chi connectivity index (χ1n) is 10.2. The van der Waals surface area contributed by atoms with E-state index < -0.39 is 0 Å². The fourth-order valence-corrected chi connectivity index (χ4v) is 3.96. The van der Waals surface area contributed by atoms with Crippen LogP contribution in [0.5, 0.6) is 0 Å². The lowest BCUT2D eigenvalue weighted by Crippen LogP contribution is -2.34. The monoisotopic (exact) mass is 415 g/mol. The van der Waals surface area contributed by atoms with Crippen LogP contribution in [0.4, 0.5) is 5.69 Å². The van der Waals surface area contributed by atoms with Crippen LogP contribution in [0.2, 0.25) is 0 Å². The van der Waals surface area contributed by atoms with Gasteiger partial charge in [0.1, 0.15) is 0 Å². The van der Waals surface area contributed by atoms with E-state index in [1.807, 2.05) is 43.4 Å². The summed E-state index contributed by atoms with van der Waals surface area (Å²) in [4.78, 5) is 35.4. The van der Waals surface area contributed by atoms with Gasteiger partial charge in [-0.15, -0.1) is 0 Å². The van der Waals surface area contributed by atoms with Crippen LogP contribution in [0.25, 0.3) is 27.2 Å². The van der Waals surface area contributed by atoms with Crippen LogP contribution in [-0.4, -0.2) is 48.7 Å². The molecule has 7 nitrogen and oxygen atoms in total. The molecule has 1 amide bonds. The Hall–Kier alpha value is -3.74. The van der Waals surface area contributed by atoms with Crippen molar-refractivity contribution in [2.45, 2.75) is 18.9 Å². The van der Waals surface area contributed by atoms with E-state index in [-0.39, 0.29) is 17.4 Å². The summed E-state index contributed by atoms with van der Waals surface area (Å²) in [6, 6.07) is 11.5. The van der Waals surface area contributed by atoms with E-state index >= 15 is 0 Å². The predicted molar refractivity (Wildman–Crippen MR) is 126 cm³/mol. The summed E-state index contributed by atoms with van der Waals surface area (Å²) in [6.45, 7) is 0.647. The summed E-state index contributed by atoms with van der Waals surface area (Å²) in [6.07, 6.45) is 6.22. The minimum Gasteiger partial charge on any atom is -0.404 e. The minimum absolute atomic E-state index is 0.0917. The number of hydrogen-bond acceptors (Lipinski definition) is 6. The van der Waals surface area contributed by atoms with Gasteiger partial charge in [-0.05, 0) is 36.1 Å².